The molecule has 1 atom stereocenters. The second-order valence-corrected chi connectivity index (χ2v) is 5.40. The molecule has 12 heavy (non-hydrogen) atoms. The number of rotatable bonds is 3. The van der Waals surface area contributed by atoms with Gasteiger partial charge in [0.1, 0.15) is 0 Å². The van der Waals surface area contributed by atoms with E-state index in [4.69, 9.17) is 5.73 Å². The summed E-state index contributed by atoms with van der Waals surface area (Å²) in [6.45, 7) is 5.84. The third kappa shape index (κ3) is 2.73. The van der Waals surface area contributed by atoms with Crippen LogP contribution in [0.15, 0.2) is 28.1 Å². The summed E-state index contributed by atoms with van der Waals surface area (Å²) < 4.78 is 1.13. The van der Waals surface area contributed by atoms with Gasteiger partial charge in [0.2, 0.25) is 0 Å². The van der Waals surface area contributed by atoms with Crippen molar-refractivity contribution in [2.24, 2.45) is 5.73 Å². The van der Waals surface area contributed by atoms with Crippen LogP contribution in [0.25, 0.3) is 0 Å². The number of nitrogens with two attached hydrogens (primary N) is 1. The van der Waals surface area contributed by atoms with Crippen LogP contribution >= 0.6 is 27.3 Å². The normalized spacial score (nSPS) is 12.9. The van der Waals surface area contributed by atoms with E-state index in [2.05, 4.69) is 28.6 Å². The highest BCUT2D eigenvalue weighted by atomic mass is 79.9. The third-order valence-corrected chi connectivity index (χ3v) is 3.28. The molecule has 0 bridgehead atoms. The molecule has 1 nitrogen and oxygen atoms in total. The summed E-state index contributed by atoms with van der Waals surface area (Å²) in [6, 6.07) is 4.19. The Labute approximate surface area is 85.4 Å². The van der Waals surface area contributed by atoms with E-state index in [9.17, 15) is 0 Å². The summed E-state index contributed by atoms with van der Waals surface area (Å²) in [5.74, 6) is 0. The van der Waals surface area contributed by atoms with E-state index in [1.165, 1.54) is 4.88 Å². The van der Waals surface area contributed by atoms with Crippen LogP contribution in [0.2, 0.25) is 0 Å². The lowest BCUT2D eigenvalue weighted by Gasteiger charge is -2.07. The van der Waals surface area contributed by atoms with Crippen molar-refractivity contribution in [3.05, 3.63) is 32.9 Å². The Morgan fingerprint density at radius 3 is 2.83 bits per heavy atom. The largest absolute Gasteiger partial charge is 0.323 e. The molecule has 0 spiro atoms. The quantitative estimate of drug-likeness (QED) is 0.812. The van der Waals surface area contributed by atoms with E-state index in [1.54, 1.807) is 11.3 Å². The van der Waals surface area contributed by atoms with Gasteiger partial charge in [-0.05, 0) is 41.4 Å². The van der Waals surface area contributed by atoms with E-state index in [0.29, 0.717) is 0 Å². The first kappa shape index (κ1) is 9.96. The molecule has 0 radical (unpaired) electrons. The van der Waals surface area contributed by atoms with E-state index in [0.717, 1.165) is 15.8 Å². The maximum Gasteiger partial charge on any atom is 0.0701 e. The predicted molar refractivity (Wildman–Crippen MR) is 58.4 cm³/mol. The van der Waals surface area contributed by atoms with Crippen molar-refractivity contribution in [3.8, 4) is 0 Å². The second kappa shape index (κ2) is 4.21. The molecule has 1 rings (SSSR count). The lowest BCUT2D eigenvalue weighted by atomic mass is 10.1. The van der Waals surface area contributed by atoms with Crippen molar-refractivity contribution >= 4 is 27.3 Å². The van der Waals surface area contributed by atoms with Crippen molar-refractivity contribution in [1.82, 2.24) is 0 Å². The van der Waals surface area contributed by atoms with Crippen LogP contribution in [0.1, 0.15) is 24.3 Å². The molecule has 0 aliphatic rings. The van der Waals surface area contributed by atoms with Gasteiger partial charge in [-0.2, -0.15) is 0 Å². The monoisotopic (exact) mass is 245 g/mol. The minimum atomic E-state index is 0.110. The van der Waals surface area contributed by atoms with Gasteiger partial charge in [-0.25, -0.2) is 0 Å². The topological polar surface area (TPSA) is 26.0 Å². The first-order valence-corrected chi connectivity index (χ1v) is 5.35. The summed E-state index contributed by atoms with van der Waals surface area (Å²) in [5, 5.41) is 0. The smallest absolute Gasteiger partial charge is 0.0701 e. The van der Waals surface area contributed by atoms with Gasteiger partial charge in [0.05, 0.1) is 3.79 Å². The van der Waals surface area contributed by atoms with Gasteiger partial charge in [0, 0.05) is 10.9 Å². The minimum absolute atomic E-state index is 0.110. The van der Waals surface area contributed by atoms with Crippen LogP contribution in [0, 0.1) is 0 Å². The molecule has 0 saturated carbocycles. The maximum atomic E-state index is 5.94. The molecular formula is C9H12BrNS. The third-order valence-electron chi connectivity index (χ3n) is 1.53. The Kier molecular flexibility index (Phi) is 3.50. The Morgan fingerprint density at radius 2 is 2.42 bits per heavy atom. The van der Waals surface area contributed by atoms with Crippen molar-refractivity contribution in [2.75, 3.05) is 0 Å². The van der Waals surface area contributed by atoms with Crippen molar-refractivity contribution < 1.29 is 0 Å². The van der Waals surface area contributed by atoms with Crippen LogP contribution in [-0.4, -0.2) is 0 Å². The van der Waals surface area contributed by atoms with Crippen molar-refractivity contribution in [3.63, 3.8) is 0 Å². The molecule has 66 valence electrons. The molecule has 2 N–H and O–H groups in total. The minimum Gasteiger partial charge on any atom is -0.323 e. The van der Waals surface area contributed by atoms with Gasteiger partial charge in [0.15, 0.2) is 0 Å². The zero-order valence-corrected chi connectivity index (χ0v) is 9.41. The summed E-state index contributed by atoms with van der Waals surface area (Å²) in [6.07, 6.45) is 0.868. The fourth-order valence-electron chi connectivity index (χ4n) is 1.00. The molecule has 0 fully saturated rings. The number of hydrogen-bond donors (Lipinski definition) is 1. The summed E-state index contributed by atoms with van der Waals surface area (Å²) in [7, 11) is 0. The zero-order valence-electron chi connectivity index (χ0n) is 7.01. The highest BCUT2D eigenvalue weighted by Gasteiger charge is 2.07. The summed E-state index contributed by atoms with van der Waals surface area (Å²) in [4.78, 5) is 1.21. The second-order valence-electron chi connectivity index (χ2n) is 2.91. The van der Waals surface area contributed by atoms with E-state index < -0.39 is 0 Å². The molecule has 1 aromatic heterocycles. The number of thiophene rings is 1. The molecule has 0 amide bonds. The average Bonchev–Trinajstić information content (AvgIpc) is 2.34. The molecule has 1 aromatic rings. The SMILES string of the molecule is C=C(C)CC(N)c1ccc(Br)s1. The summed E-state index contributed by atoms with van der Waals surface area (Å²) in [5.41, 5.74) is 7.07. The van der Waals surface area contributed by atoms with Crippen molar-refractivity contribution in [1.29, 1.82) is 0 Å². The average molecular weight is 246 g/mol. The summed E-state index contributed by atoms with van der Waals surface area (Å²) >= 11 is 5.10. The fourth-order valence-corrected chi connectivity index (χ4v) is 2.43. The van der Waals surface area contributed by atoms with Crippen LogP contribution in [0.3, 0.4) is 0 Å². The van der Waals surface area contributed by atoms with Gasteiger partial charge in [-0.3, -0.25) is 0 Å². The lowest BCUT2D eigenvalue weighted by molar-refractivity contribution is 0.731. The van der Waals surface area contributed by atoms with E-state index in [1.807, 2.05) is 13.0 Å². The van der Waals surface area contributed by atoms with E-state index >= 15 is 0 Å². The predicted octanol–water partition coefficient (Wildman–Crippen LogP) is 3.48. The van der Waals surface area contributed by atoms with E-state index in [-0.39, 0.29) is 6.04 Å². The first-order valence-electron chi connectivity index (χ1n) is 3.75. The zero-order chi connectivity index (χ0) is 9.14. The Hall–Kier alpha value is -0.120. The molecule has 0 aliphatic carbocycles. The molecule has 0 aliphatic heterocycles. The van der Waals surface area contributed by atoms with Crippen LogP contribution in [0.4, 0.5) is 0 Å². The van der Waals surface area contributed by atoms with Crippen molar-refractivity contribution in [2.45, 2.75) is 19.4 Å². The number of halogens is 1. The van der Waals surface area contributed by atoms with Gasteiger partial charge < -0.3 is 5.73 Å². The first-order chi connectivity index (χ1) is 5.59. The van der Waals surface area contributed by atoms with Gasteiger partial charge in [-0.15, -0.1) is 17.9 Å². The lowest BCUT2D eigenvalue weighted by Crippen LogP contribution is -2.08. The van der Waals surface area contributed by atoms with Crippen LogP contribution < -0.4 is 5.73 Å². The Bertz CT molecular complexity index is 280. The van der Waals surface area contributed by atoms with Crippen LogP contribution in [-0.2, 0) is 0 Å². The molecule has 3 heteroatoms. The highest BCUT2D eigenvalue weighted by Crippen LogP contribution is 2.28. The molecule has 1 unspecified atom stereocenters. The molecule has 0 aromatic carbocycles. The fraction of sp³-hybridized carbons (Fsp3) is 0.333. The van der Waals surface area contributed by atoms with Crippen LogP contribution in [0.5, 0.6) is 0 Å². The highest BCUT2D eigenvalue weighted by molar-refractivity contribution is 9.11. The Balaban J connectivity index is 2.64. The molecule has 1 heterocycles. The Morgan fingerprint density at radius 1 is 1.75 bits per heavy atom. The number of hydrogen-bond acceptors (Lipinski definition) is 2. The maximum absolute atomic E-state index is 5.94. The standard InChI is InChI=1S/C9H12BrNS/c1-6(2)5-7(11)8-3-4-9(10)12-8/h3-4,7H,1,5,11H2,2H3. The van der Waals surface area contributed by atoms with Gasteiger partial charge >= 0.3 is 0 Å². The molecular weight excluding hydrogens is 234 g/mol. The van der Waals surface area contributed by atoms with Gasteiger partial charge in [0.25, 0.3) is 0 Å². The molecule has 0 saturated heterocycles. The van der Waals surface area contributed by atoms with Gasteiger partial charge in [-0.1, -0.05) is 5.57 Å².